The molecule has 0 spiro atoms. The Labute approximate surface area is 107 Å². The lowest BCUT2D eigenvalue weighted by molar-refractivity contribution is 1.17. The minimum Gasteiger partial charge on any atom is -0.398 e. The predicted molar refractivity (Wildman–Crippen MR) is 73.5 cm³/mol. The molecule has 1 aromatic carbocycles. The third-order valence-electron chi connectivity index (χ3n) is 2.84. The molecule has 7 heteroatoms. The number of rotatable bonds is 1. The number of benzene rings is 1. The van der Waals surface area contributed by atoms with E-state index in [4.69, 9.17) is 11.5 Å². The highest BCUT2D eigenvalue weighted by atomic mass is 16.1. The van der Waals surface area contributed by atoms with Crippen molar-refractivity contribution in [1.29, 1.82) is 0 Å². The van der Waals surface area contributed by atoms with Gasteiger partial charge in [-0.2, -0.15) is 4.98 Å². The zero-order valence-electron chi connectivity index (χ0n) is 10.2. The molecule has 0 radical (unpaired) electrons. The van der Waals surface area contributed by atoms with E-state index < -0.39 is 0 Å². The van der Waals surface area contributed by atoms with Gasteiger partial charge in [0.05, 0.1) is 0 Å². The first-order valence-electron chi connectivity index (χ1n) is 5.66. The van der Waals surface area contributed by atoms with E-state index >= 15 is 0 Å². The molecule has 0 fully saturated rings. The summed E-state index contributed by atoms with van der Waals surface area (Å²) in [7, 11) is 0. The minimum atomic E-state index is -0.354. The third-order valence-corrected chi connectivity index (χ3v) is 2.84. The van der Waals surface area contributed by atoms with Gasteiger partial charge in [0, 0.05) is 11.3 Å². The number of aromatic nitrogens is 4. The van der Waals surface area contributed by atoms with Gasteiger partial charge in [0.2, 0.25) is 5.95 Å². The summed E-state index contributed by atoms with van der Waals surface area (Å²) in [5.74, 6) is 0.535. The summed E-state index contributed by atoms with van der Waals surface area (Å²) < 4.78 is 0. The highest BCUT2D eigenvalue weighted by molar-refractivity contribution is 5.80. The molecule has 0 unspecified atom stereocenters. The van der Waals surface area contributed by atoms with Crippen molar-refractivity contribution in [3.05, 3.63) is 34.1 Å². The van der Waals surface area contributed by atoms with Gasteiger partial charge >= 0.3 is 0 Å². The Morgan fingerprint density at radius 3 is 2.74 bits per heavy atom. The fraction of sp³-hybridized carbons (Fsp3) is 0.0833. The number of nitrogens with zero attached hydrogens (tertiary/aromatic N) is 2. The molecular weight excluding hydrogens is 244 g/mol. The molecule has 96 valence electrons. The van der Waals surface area contributed by atoms with E-state index in [0.29, 0.717) is 11.5 Å². The van der Waals surface area contributed by atoms with Crippen LogP contribution < -0.4 is 17.0 Å². The zero-order chi connectivity index (χ0) is 13.6. The molecule has 0 saturated carbocycles. The van der Waals surface area contributed by atoms with Gasteiger partial charge in [-0.3, -0.25) is 9.78 Å². The van der Waals surface area contributed by atoms with E-state index in [9.17, 15) is 4.79 Å². The van der Waals surface area contributed by atoms with Crippen LogP contribution in [0.15, 0.2) is 23.0 Å². The second-order valence-electron chi connectivity index (χ2n) is 4.33. The molecule has 0 atom stereocenters. The average Bonchev–Trinajstić information content (AvgIpc) is 2.76. The van der Waals surface area contributed by atoms with E-state index in [1.54, 1.807) is 6.07 Å². The van der Waals surface area contributed by atoms with E-state index in [-0.39, 0.29) is 22.7 Å². The highest BCUT2D eigenvalue weighted by Gasteiger charge is 2.12. The smallest absolute Gasteiger partial charge is 0.278 e. The van der Waals surface area contributed by atoms with Crippen molar-refractivity contribution < 1.29 is 0 Å². The Balaban J connectivity index is 2.29. The second kappa shape index (κ2) is 3.84. The summed E-state index contributed by atoms with van der Waals surface area (Å²) >= 11 is 0. The van der Waals surface area contributed by atoms with E-state index in [2.05, 4.69) is 19.9 Å². The number of hydrogen-bond acceptors (Lipinski definition) is 5. The summed E-state index contributed by atoms with van der Waals surface area (Å²) in [5.41, 5.74) is 14.0. The van der Waals surface area contributed by atoms with Crippen LogP contribution in [-0.2, 0) is 0 Å². The van der Waals surface area contributed by atoms with Crippen LogP contribution in [0.2, 0.25) is 0 Å². The number of aromatic amines is 2. The molecular formula is C12H12N6O. The lowest BCUT2D eigenvalue weighted by Crippen LogP contribution is -2.10. The number of imidazole rings is 1. The summed E-state index contributed by atoms with van der Waals surface area (Å²) in [4.78, 5) is 25.3. The number of anilines is 2. The van der Waals surface area contributed by atoms with Gasteiger partial charge in [-0.15, -0.1) is 0 Å². The molecule has 2 aromatic heterocycles. The molecule has 0 saturated heterocycles. The van der Waals surface area contributed by atoms with Crippen LogP contribution in [0, 0.1) is 6.92 Å². The lowest BCUT2D eigenvalue weighted by atomic mass is 10.1. The fourth-order valence-corrected chi connectivity index (χ4v) is 1.93. The Bertz CT molecular complexity index is 832. The molecule has 6 N–H and O–H groups in total. The van der Waals surface area contributed by atoms with Gasteiger partial charge in [-0.25, -0.2) is 4.98 Å². The Hall–Kier alpha value is -2.83. The van der Waals surface area contributed by atoms with Crippen LogP contribution >= 0.6 is 0 Å². The van der Waals surface area contributed by atoms with Crippen molar-refractivity contribution in [2.75, 3.05) is 11.5 Å². The van der Waals surface area contributed by atoms with Gasteiger partial charge in [0.15, 0.2) is 11.2 Å². The van der Waals surface area contributed by atoms with Crippen LogP contribution in [0.5, 0.6) is 0 Å². The number of nitrogens with one attached hydrogen (secondary N) is 2. The Kier molecular flexibility index (Phi) is 2.28. The molecule has 2 heterocycles. The third kappa shape index (κ3) is 1.81. The van der Waals surface area contributed by atoms with Crippen LogP contribution in [-0.4, -0.2) is 19.9 Å². The summed E-state index contributed by atoms with van der Waals surface area (Å²) in [6, 6.07) is 5.60. The second-order valence-corrected chi connectivity index (χ2v) is 4.33. The first-order chi connectivity index (χ1) is 9.04. The number of nitrogens with two attached hydrogens (primary N) is 2. The average molecular weight is 256 g/mol. The van der Waals surface area contributed by atoms with Gasteiger partial charge in [-0.1, -0.05) is 11.6 Å². The maximum absolute atomic E-state index is 11.7. The Morgan fingerprint density at radius 2 is 1.95 bits per heavy atom. The van der Waals surface area contributed by atoms with Crippen LogP contribution in [0.25, 0.3) is 22.6 Å². The largest absolute Gasteiger partial charge is 0.398 e. The molecule has 3 rings (SSSR count). The standard InChI is InChI=1S/C12H12N6O/c1-5-2-3-7(13)6(4-5)9-15-8-10(16-9)17-12(14)18-11(8)19/h2-4H,13H2,1H3,(H4,14,15,16,17,18,19). The van der Waals surface area contributed by atoms with Crippen LogP contribution in [0.1, 0.15) is 5.56 Å². The SMILES string of the molecule is Cc1ccc(N)c(-c2nc3nc(N)[nH]c(=O)c3[nH]2)c1. The van der Waals surface area contributed by atoms with Gasteiger partial charge < -0.3 is 16.5 Å². The lowest BCUT2D eigenvalue weighted by Gasteiger charge is -2.02. The zero-order valence-corrected chi connectivity index (χ0v) is 10.2. The van der Waals surface area contributed by atoms with Crippen LogP contribution in [0.4, 0.5) is 11.6 Å². The summed E-state index contributed by atoms with van der Waals surface area (Å²) in [6.45, 7) is 1.95. The first-order valence-corrected chi connectivity index (χ1v) is 5.66. The number of fused-ring (bicyclic) bond motifs is 1. The van der Waals surface area contributed by atoms with Gasteiger partial charge in [0.25, 0.3) is 5.56 Å². The first kappa shape index (κ1) is 11.3. The quantitative estimate of drug-likeness (QED) is 0.479. The molecule has 0 amide bonds. The molecule has 19 heavy (non-hydrogen) atoms. The highest BCUT2D eigenvalue weighted by Crippen LogP contribution is 2.25. The maximum Gasteiger partial charge on any atom is 0.278 e. The molecule has 0 aliphatic carbocycles. The minimum absolute atomic E-state index is 0.0350. The van der Waals surface area contributed by atoms with E-state index in [1.807, 2.05) is 19.1 Å². The summed E-state index contributed by atoms with van der Waals surface area (Å²) in [6.07, 6.45) is 0. The molecule has 7 nitrogen and oxygen atoms in total. The van der Waals surface area contributed by atoms with Crippen molar-refractivity contribution in [3.8, 4) is 11.4 Å². The predicted octanol–water partition coefficient (Wildman–Crippen LogP) is 0.786. The van der Waals surface area contributed by atoms with Crippen molar-refractivity contribution in [2.24, 2.45) is 0 Å². The van der Waals surface area contributed by atoms with Crippen molar-refractivity contribution in [1.82, 2.24) is 19.9 Å². The fourth-order valence-electron chi connectivity index (χ4n) is 1.93. The van der Waals surface area contributed by atoms with Crippen LogP contribution in [0.3, 0.4) is 0 Å². The van der Waals surface area contributed by atoms with Gasteiger partial charge in [0.1, 0.15) is 5.82 Å². The number of aryl methyl sites for hydroxylation is 1. The maximum atomic E-state index is 11.7. The monoisotopic (exact) mass is 256 g/mol. The van der Waals surface area contributed by atoms with Crippen molar-refractivity contribution >= 4 is 22.8 Å². The number of nitrogen functional groups attached to an aromatic ring is 2. The van der Waals surface area contributed by atoms with Crippen molar-refractivity contribution in [2.45, 2.75) is 6.92 Å². The Morgan fingerprint density at radius 1 is 1.16 bits per heavy atom. The van der Waals surface area contributed by atoms with Crippen molar-refractivity contribution in [3.63, 3.8) is 0 Å². The number of hydrogen-bond donors (Lipinski definition) is 4. The van der Waals surface area contributed by atoms with E-state index in [1.165, 1.54) is 0 Å². The molecule has 0 aliphatic heterocycles. The molecule has 0 aliphatic rings. The van der Waals surface area contributed by atoms with E-state index in [0.717, 1.165) is 11.1 Å². The topological polar surface area (TPSA) is 126 Å². The van der Waals surface area contributed by atoms with Gasteiger partial charge in [-0.05, 0) is 19.1 Å². The summed E-state index contributed by atoms with van der Waals surface area (Å²) in [5, 5.41) is 0. The molecule has 0 bridgehead atoms. The normalized spacial score (nSPS) is 11.0. The number of H-pyrrole nitrogens is 2. The molecule has 3 aromatic rings.